The van der Waals surface area contributed by atoms with Gasteiger partial charge in [0.15, 0.2) is 0 Å². The average Bonchev–Trinajstić information content (AvgIpc) is 2.46. The molecule has 0 radical (unpaired) electrons. The second kappa shape index (κ2) is 6.07. The Morgan fingerprint density at radius 2 is 1.77 bits per heavy atom. The molecule has 0 aliphatic rings. The first-order valence-corrected chi connectivity index (χ1v) is 7.82. The van der Waals surface area contributed by atoms with Gasteiger partial charge < -0.3 is 9.84 Å². The van der Waals surface area contributed by atoms with Crippen LogP contribution >= 0.6 is 0 Å². The highest BCUT2D eigenvalue weighted by molar-refractivity contribution is 7.92. The summed E-state index contributed by atoms with van der Waals surface area (Å²) in [6.07, 6.45) is 0. The predicted octanol–water partition coefficient (Wildman–Crippen LogP) is 2.50. The van der Waals surface area contributed by atoms with Crippen LogP contribution in [0.5, 0.6) is 5.75 Å². The van der Waals surface area contributed by atoms with Gasteiger partial charge in [-0.25, -0.2) is 13.2 Å². The SMILES string of the molecule is COc1cc(NS(=O)(=O)c2ccc(C)cc2)ccc1C(=O)O. The number of carboxylic acids is 1. The van der Waals surface area contributed by atoms with Crippen molar-refractivity contribution in [3.63, 3.8) is 0 Å². The molecule has 0 spiro atoms. The summed E-state index contributed by atoms with van der Waals surface area (Å²) >= 11 is 0. The van der Waals surface area contributed by atoms with Crippen molar-refractivity contribution in [1.82, 2.24) is 0 Å². The molecule has 0 unspecified atom stereocenters. The zero-order chi connectivity index (χ0) is 16.3. The maximum Gasteiger partial charge on any atom is 0.339 e. The van der Waals surface area contributed by atoms with Gasteiger partial charge in [-0.1, -0.05) is 17.7 Å². The molecule has 7 heteroatoms. The molecule has 0 aromatic heterocycles. The molecule has 0 bridgehead atoms. The number of aryl methyl sites for hydroxylation is 1. The maximum absolute atomic E-state index is 12.3. The molecule has 22 heavy (non-hydrogen) atoms. The molecule has 0 heterocycles. The van der Waals surface area contributed by atoms with Gasteiger partial charge in [0.25, 0.3) is 10.0 Å². The quantitative estimate of drug-likeness (QED) is 0.882. The third-order valence-electron chi connectivity index (χ3n) is 3.02. The summed E-state index contributed by atoms with van der Waals surface area (Å²) in [6, 6.07) is 10.4. The van der Waals surface area contributed by atoms with Crippen molar-refractivity contribution in [1.29, 1.82) is 0 Å². The lowest BCUT2D eigenvalue weighted by Gasteiger charge is -2.11. The van der Waals surface area contributed by atoms with Crippen LogP contribution in [0.2, 0.25) is 0 Å². The van der Waals surface area contributed by atoms with Crippen LogP contribution in [-0.2, 0) is 10.0 Å². The summed E-state index contributed by atoms with van der Waals surface area (Å²) < 4.78 is 31.9. The van der Waals surface area contributed by atoms with Gasteiger partial charge in [-0.2, -0.15) is 0 Å². The lowest BCUT2D eigenvalue weighted by molar-refractivity contribution is 0.0693. The molecule has 0 fully saturated rings. The highest BCUT2D eigenvalue weighted by Gasteiger charge is 2.16. The van der Waals surface area contributed by atoms with Gasteiger partial charge in [0.05, 0.1) is 17.7 Å². The van der Waals surface area contributed by atoms with E-state index < -0.39 is 16.0 Å². The summed E-state index contributed by atoms with van der Waals surface area (Å²) in [5.41, 5.74) is 1.13. The number of sulfonamides is 1. The van der Waals surface area contributed by atoms with Crippen LogP contribution in [-0.4, -0.2) is 26.6 Å². The Kier molecular flexibility index (Phi) is 4.37. The van der Waals surface area contributed by atoms with Gasteiger partial charge in [0.2, 0.25) is 0 Å². The monoisotopic (exact) mass is 321 g/mol. The van der Waals surface area contributed by atoms with Gasteiger partial charge in [-0.05, 0) is 31.2 Å². The number of carboxylic acid groups (broad SMARTS) is 1. The predicted molar refractivity (Wildman–Crippen MR) is 81.9 cm³/mol. The molecule has 0 saturated heterocycles. The van der Waals surface area contributed by atoms with E-state index in [4.69, 9.17) is 9.84 Å². The number of ether oxygens (including phenoxy) is 1. The number of methoxy groups -OCH3 is 1. The number of hydrogen-bond donors (Lipinski definition) is 2. The van der Waals surface area contributed by atoms with Crippen LogP contribution in [0.25, 0.3) is 0 Å². The van der Waals surface area contributed by atoms with E-state index in [1.165, 1.54) is 37.4 Å². The molecule has 2 aromatic carbocycles. The molecule has 0 amide bonds. The molecular weight excluding hydrogens is 306 g/mol. The van der Waals surface area contributed by atoms with Crippen molar-refractivity contribution < 1.29 is 23.1 Å². The van der Waals surface area contributed by atoms with Crippen LogP contribution in [0.1, 0.15) is 15.9 Å². The Morgan fingerprint density at radius 3 is 2.32 bits per heavy atom. The second-order valence-electron chi connectivity index (χ2n) is 4.64. The van der Waals surface area contributed by atoms with Gasteiger partial charge in [0, 0.05) is 6.07 Å². The van der Waals surface area contributed by atoms with Gasteiger partial charge in [-0.15, -0.1) is 0 Å². The molecule has 0 aliphatic heterocycles. The zero-order valence-corrected chi connectivity index (χ0v) is 12.8. The van der Waals surface area contributed by atoms with E-state index in [2.05, 4.69) is 4.72 Å². The highest BCUT2D eigenvalue weighted by atomic mass is 32.2. The molecule has 2 aromatic rings. The summed E-state index contributed by atoms with van der Waals surface area (Å²) in [4.78, 5) is 11.1. The van der Waals surface area contributed by atoms with Crippen molar-refractivity contribution >= 4 is 21.7 Å². The lowest BCUT2D eigenvalue weighted by Crippen LogP contribution is -2.13. The van der Waals surface area contributed by atoms with E-state index in [-0.39, 0.29) is 21.9 Å². The standard InChI is InChI=1S/C15H15NO5S/c1-10-3-6-12(7-4-10)22(19,20)16-11-5-8-13(15(17)18)14(9-11)21-2/h3-9,16H,1-2H3,(H,17,18). The van der Waals surface area contributed by atoms with Gasteiger partial charge in [-0.3, -0.25) is 4.72 Å². The van der Waals surface area contributed by atoms with E-state index in [1.54, 1.807) is 12.1 Å². The fourth-order valence-corrected chi connectivity index (χ4v) is 2.91. The average molecular weight is 321 g/mol. The molecule has 0 aliphatic carbocycles. The van der Waals surface area contributed by atoms with E-state index in [9.17, 15) is 13.2 Å². The first-order chi connectivity index (χ1) is 10.3. The van der Waals surface area contributed by atoms with Gasteiger partial charge >= 0.3 is 5.97 Å². The van der Waals surface area contributed by atoms with E-state index in [1.807, 2.05) is 6.92 Å². The minimum Gasteiger partial charge on any atom is -0.496 e. The van der Waals surface area contributed by atoms with Crippen molar-refractivity contribution in [2.45, 2.75) is 11.8 Å². The van der Waals surface area contributed by atoms with Gasteiger partial charge in [0.1, 0.15) is 11.3 Å². The topological polar surface area (TPSA) is 92.7 Å². The minimum absolute atomic E-state index is 0.0409. The first-order valence-electron chi connectivity index (χ1n) is 6.34. The Morgan fingerprint density at radius 1 is 1.14 bits per heavy atom. The second-order valence-corrected chi connectivity index (χ2v) is 6.32. The summed E-state index contributed by atoms with van der Waals surface area (Å²) in [5.74, 6) is -1.07. The summed E-state index contributed by atoms with van der Waals surface area (Å²) in [7, 11) is -2.42. The van der Waals surface area contributed by atoms with E-state index in [0.29, 0.717) is 0 Å². The first kappa shape index (κ1) is 15.8. The van der Waals surface area contributed by atoms with Crippen LogP contribution < -0.4 is 9.46 Å². The third-order valence-corrected chi connectivity index (χ3v) is 4.41. The normalized spacial score (nSPS) is 11.0. The van der Waals surface area contributed by atoms with Crippen LogP contribution in [0.4, 0.5) is 5.69 Å². The van der Waals surface area contributed by atoms with Crippen molar-refractivity contribution in [3.05, 3.63) is 53.6 Å². The Labute approximate surface area is 128 Å². The zero-order valence-electron chi connectivity index (χ0n) is 12.0. The Balaban J connectivity index is 2.33. The number of rotatable bonds is 5. The number of anilines is 1. The molecule has 116 valence electrons. The molecule has 0 atom stereocenters. The largest absolute Gasteiger partial charge is 0.496 e. The van der Waals surface area contributed by atoms with Crippen molar-refractivity contribution in [2.75, 3.05) is 11.8 Å². The molecule has 6 nitrogen and oxygen atoms in total. The Bertz CT molecular complexity index is 797. The fourth-order valence-electron chi connectivity index (χ4n) is 1.86. The third kappa shape index (κ3) is 3.37. The maximum atomic E-state index is 12.3. The van der Waals surface area contributed by atoms with Crippen LogP contribution in [0.3, 0.4) is 0 Å². The molecular formula is C15H15NO5S. The number of aromatic carboxylic acids is 1. The molecule has 2 rings (SSSR count). The number of carbonyl (C=O) groups is 1. The van der Waals surface area contributed by atoms with E-state index in [0.717, 1.165) is 5.56 Å². The molecule has 0 saturated carbocycles. The van der Waals surface area contributed by atoms with Crippen molar-refractivity contribution in [3.8, 4) is 5.75 Å². The number of hydrogen-bond acceptors (Lipinski definition) is 4. The number of benzene rings is 2. The minimum atomic E-state index is -3.74. The van der Waals surface area contributed by atoms with Crippen LogP contribution in [0.15, 0.2) is 47.4 Å². The van der Waals surface area contributed by atoms with Crippen LogP contribution in [0, 0.1) is 6.92 Å². The highest BCUT2D eigenvalue weighted by Crippen LogP contribution is 2.25. The number of nitrogens with one attached hydrogen (secondary N) is 1. The van der Waals surface area contributed by atoms with E-state index >= 15 is 0 Å². The molecule has 2 N–H and O–H groups in total. The Hall–Kier alpha value is -2.54. The summed E-state index contributed by atoms with van der Waals surface area (Å²) in [5, 5.41) is 9.01. The lowest BCUT2D eigenvalue weighted by atomic mass is 10.2. The summed E-state index contributed by atoms with van der Waals surface area (Å²) in [6.45, 7) is 1.86. The smallest absolute Gasteiger partial charge is 0.339 e. The fraction of sp³-hybridized carbons (Fsp3) is 0.133. The van der Waals surface area contributed by atoms with Crippen molar-refractivity contribution in [2.24, 2.45) is 0 Å².